The molecule has 1 rings (SSSR count). The third kappa shape index (κ3) is 1.37. The van der Waals surface area contributed by atoms with Crippen LogP contribution in [0.4, 0.5) is 11.4 Å². The first-order chi connectivity index (χ1) is 4.70. The van der Waals surface area contributed by atoms with Crippen LogP contribution in [0.5, 0.6) is 0 Å². The molecule has 0 aliphatic heterocycles. The number of nitrogens with zero attached hydrogens (tertiary/aromatic N) is 1. The van der Waals surface area contributed by atoms with E-state index in [0.29, 0.717) is 5.69 Å². The molecule has 0 saturated carbocycles. The zero-order valence-electron chi connectivity index (χ0n) is 5.23. The lowest BCUT2D eigenvalue weighted by Crippen LogP contribution is -2.10. The van der Waals surface area contributed by atoms with E-state index in [9.17, 15) is 0 Å². The molecule has 0 aromatic heterocycles. The maximum absolute atomic E-state index is 8.48. The van der Waals surface area contributed by atoms with Gasteiger partial charge < -0.3 is 5.73 Å². The molecule has 0 spiro atoms. The zero-order valence-corrected chi connectivity index (χ0v) is 5.23. The van der Waals surface area contributed by atoms with Crippen LogP contribution in [0.25, 0.3) is 0 Å². The second kappa shape index (κ2) is 2.55. The lowest BCUT2D eigenvalue weighted by molar-refractivity contribution is 0.0292. The molecule has 0 unspecified atom stereocenters. The van der Waals surface area contributed by atoms with Gasteiger partial charge in [0.1, 0.15) is 0 Å². The van der Waals surface area contributed by atoms with Gasteiger partial charge in [0.05, 0.1) is 5.69 Å². The number of hydrogen-bond acceptors (Lipinski definition) is 4. The van der Waals surface area contributed by atoms with Crippen molar-refractivity contribution in [3.63, 3.8) is 0 Å². The van der Waals surface area contributed by atoms with Crippen LogP contribution in [0.3, 0.4) is 0 Å². The van der Waals surface area contributed by atoms with E-state index in [0.717, 1.165) is 0 Å². The molecule has 0 aliphatic carbocycles. The topological polar surface area (TPSA) is 69.7 Å². The number of nitrogens with two attached hydrogens (primary N) is 1. The quantitative estimate of drug-likeness (QED) is 0.399. The summed E-state index contributed by atoms with van der Waals surface area (Å²) in [7, 11) is 0. The maximum atomic E-state index is 8.48. The van der Waals surface area contributed by atoms with Gasteiger partial charge in [-0.25, -0.2) is 0 Å². The molecule has 0 amide bonds. The highest BCUT2D eigenvalue weighted by Crippen LogP contribution is 2.13. The minimum absolute atomic E-state index is 0.0242. The van der Waals surface area contributed by atoms with E-state index < -0.39 is 0 Å². The van der Waals surface area contributed by atoms with Crippen LogP contribution in [-0.4, -0.2) is 10.4 Å². The van der Waals surface area contributed by atoms with Crippen LogP contribution < -0.4 is 11.0 Å². The highest BCUT2D eigenvalue weighted by atomic mass is 16.8. The second-order valence-corrected chi connectivity index (χ2v) is 1.88. The van der Waals surface area contributed by atoms with Crippen molar-refractivity contribution in [1.29, 1.82) is 0 Å². The van der Waals surface area contributed by atoms with Crippen molar-refractivity contribution in [2.24, 2.45) is 0 Å². The van der Waals surface area contributed by atoms with Crippen LogP contribution in [0, 0.1) is 0 Å². The van der Waals surface area contributed by atoms with Crippen LogP contribution in [-0.2, 0) is 0 Å². The summed E-state index contributed by atoms with van der Waals surface area (Å²) in [6.45, 7) is 0. The molecule has 4 N–H and O–H groups in total. The van der Waals surface area contributed by atoms with Crippen LogP contribution in [0.2, 0.25) is 0 Å². The van der Waals surface area contributed by atoms with E-state index in [4.69, 9.17) is 16.1 Å². The van der Waals surface area contributed by atoms with Gasteiger partial charge in [-0.3, -0.25) is 10.4 Å². The average Bonchev–Trinajstić information content (AvgIpc) is 1.88. The molecule has 0 fully saturated rings. The van der Waals surface area contributed by atoms with E-state index in [1.54, 1.807) is 12.1 Å². The Hall–Kier alpha value is -1.26. The fourth-order valence-corrected chi connectivity index (χ4v) is 0.649. The first kappa shape index (κ1) is 6.85. The van der Waals surface area contributed by atoms with E-state index in [2.05, 4.69) is 0 Å². The Kier molecular flexibility index (Phi) is 1.75. The molecule has 0 atom stereocenters. The summed E-state index contributed by atoms with van der Waals surface area (Å²) in [6, 6.07) is 6.26. The first-order valence-corrected chi connectivity index (χ1v) is 2.73. The van der Waals surface area contributed by atoms with Gasteiger partial charge >= 0.3 is 0 Å². The van der Waals surface area contributed by atoms with Gasteiger partial charge in [-0.05, 0) is 18.2 Å². The van der Waals surface area contributed by atoms with E-state index in [-0.39, 0.29) is 10.9 Å². The Morgan fingerprint density at radius 3 is 2.40 bits per heavy atom. The summed E-state index contributed by atoms with van der Waals surface area (Å²) in [5.74, 6) is 0. The molecule has 0 heterocycles. The average molecular weight is 140 g/mol. The minimum atomic E-state index is 0.0242. The standard InChI is InChI=1S/C6H8N2O2/c7-5-2-1-3-6(4-5)8(9)10/h1-4,9-10H,7H2. The summed E-state index contributed by atoms with van der Waals surface area (Å²) >= 11 is 0. The predicted octanol–water partition coefficient (Wildman–Crippen LogP) is 0.854. The molecule has 0 aliphatic rings. The Bertz CT molecular complexity index is 225. The zero-order chi connectivity index (χ0) is 7.56. The molecule has 1 aromatic carbocycles. The van der Waals surface area contributed by atoms with Gasteiger partial charge in [0, 0.05) is 5.69 Å². The summed E-state index contributed by atoms with van der Waals surface area (Å²) in [6.07, 6.45) is 0. The SMILES string of the molecule is Nc1cccc(N(O)O)c1. The summed E-state index contributed by atoms with van der Waals surface area (Å²) in [5.41, 5.74) is 6.09. The number of hydrogen-bond donors (Lipinski definition) is 3. The van der Waals surface area contributed by atoms with Crippen LogP contribution >= 0.6 is 0 Å². The molecule has 54 valence electrons. The summed E-state index contributed by atoms with van der Waals surface area (Å²) in [5, 5.41) is 17.0. The Morgan fingerprint density at radius 2 is 2.00 bits per heavy atom. The highest BCUT2D eigenvalue weighted by Gasteiger charge is 1.96. The van der Waals surface area contributed by atoms with E-state index in [1.807, 2.05) is 0 Å². The Morgan fingerprint density at radius 1 is 1.30 bits per heavy atom. The van der Waals surface area contributed by atoms with Gasteiger partial charge in [-0.1, -0.05) is 6.07 Å². The third-order valence-corrected chi connectivity index (χ3v) is 1.10. The van der Waals surface area contributed by atoms with E-state index >= 15 is 0 Å². The van der Waals surface area contributed by atoms with Crippen LogP contribution in [0.1, 0.15) is 0 Å². The summed E-state index contributed by atoms with van der Waals surface area (Å²) in [4.78, 5) is 0. The number of rotatable bonds is 1. The van der Waals surface area contributed by atoms with E-state index in [1.165, 1.54) is 12.1 Å². The number of nitrogen functional groups attached to an aromatic ring is 1. The fraction of sp³-hybridized carbons (Fsp3) is 0. The molecule has 0 bridgehead atoms. The van der Waals surface area contributed by atoms with Crippen molar-refractivity contribution in [3.05, 3.63) is 24.3 Å². The molecular weight excluding hydrogens is 132 g/mol. The first-order valence-electron chi connectivity index (χ1n) is 2.73. The van der Waals surface area contributed by atoms with Crippen molar-refractivity contribution in [2.45, 2.75) is 0 Å². The molecule has 4 heteroatoms. The number of anilines is 2. The van der Waals surface area contributed by atoms with Gasteiger partial charge in [0.15, 0.2) is 0 Å². The maximum Gasteiger partial charge on any atom is 0.0963 e. The van der Waals surface area contributed by atoms with Crippen molar-refractivity contribution in [3.8, 4) is 0 Å². The lowest BCUT2D eigenvalue weighted by atomic mass is 10.3. The second-order valence-electron chi connectivity index (χ2n) is 1.88. The van der Waals surface area contributed by atoms with Crippen LogP contribution in [0.15, 0.2) is 24.3 Å². The molecule has 1 aromatic rings. The lowest BCUT2D eigenvalue weighted by Gasteiger charge is -2.06. The smallest absolute Gasteiger partial charge is 0.0963 e. The van der Waals surface area contributed by atoms with Gasteiger partial charge in [-0.2, -0.15) is 0 Å². The van der Waals surface area contributed by atoms with Crippen molar-refractivity contribution >= 4 is 11.4 Å². The minimum Gasteiger partial charge on any atom is -0.399 e. The third-order valence-electron chi connectivity index (χ3n) is 1.10. The molecule has 4 nitrogen and oxygen atoms in total. The summed E-state index contributed by atoms with van der Waals surface area (Å²) < 4.78 is 0. The Labute approximate surface area is 58.0 Å². The molecule has 0 radical (unpaired) electrons. The number of benzene rings is 1. The Balaban J connectivity index is 2.96. The van der Waals surface area contributed by atoms with Crippen molar-refractivity contribution in [2.75, 3.05) is 11.0 Å². The largest absolute Gasteiger partial charge is 0.399 e. The fourth-order valence-electron chi connectivity index (χ4n) is 0.649. The molecule has 10 heavy (non-hydrogen) atoms. The molecule has 0 saturated heterocycles. The van der Waals surface area contributed by atoms with Gasteiger partial charge in [-0.15, -0.1) is 5.23 Å². The van der Waals surface area contributed by atoms with Gasteiger partial charge in [0.25, 0.3) is 0 Å². The predicted molar refractivity (Wildman–Crippen MR) is 36.9 cm³/mol. The van der Waals surface area contributed by atoms with Crippen molar-refractivity contribution in [1.82, 2.24) is 0 Å². The highest BCUT2D eigenvalue weighted by molar-refractivity contribution is 5.52. The van der Waals surface area contributed by atoms with Gasteiger partial charge in [0.2, 0.25) is 0 Å². The molecular formula is C6H8N2O2. The normalized spacial score (nSPS) is 9.40. The van der Waals surface area contributed by atoms with Crippen molar-refractivity contribution < 1.29 is 10.4 Å². The monoisotopic (exact) mass is 140 g/mol.